The number of aromatic nitrogens is 2. The molecule has 1 aromatic rings. The van der Waals surface area contributed by atoms with Crippen molar-refractivity contribution in [1.82, 2.24) is 15.1 Å². The summed E-state index contributed by atoms with van der Waals surface area (Å²) in [5.41, 5.74) is -0.0874. The van der Waals surface area contributed by atoms with Crippen LogP contribution in [0.3, 0.4) is 0 Å². The standard InChI is InChI=1S/C14H21BrN4O3/c1-14(2,3)22-11(20)9-18-4-6-19(7-5-18)12-10(15)8-16-17-13(12)21/h8H,4-7,9H2,1-3H3,(H,17,21). The van der Waals surface area contributed by atoms with Crippen LogP contribution in [0, 0.1) is 0 Å². The largest absolute Gasteiger partial charge is 0.459 e. The second-order valence-electron chi connectivity index (χ2n) is 6.25. The molecular weight excluding hydrogens is 352 g/mol. The number of carbonyl (C=O) groups is 1. The van der Waals surface area contributed by atoms with E-state index in [1.54, 1.807) is 6.20 Å². The monoisotopic (exact) mass is 372 g/mol. The summed E-state index contributed by atoms with van der Waals surface area (Å²) in [6.07, 6.45) is 1.57. The van der Waals surface area contributed by atoms with E-state index < -0.39 is 5.60 Å². The van der Waals surface area contributed by atoms with E-state index in [-0.39, 0.29) is 18.1 Å². The Bertz CT molecular complexity index is 588. The summed E-state index contributed by atoms with van der Waals surface area (Å²) in [5.74, 6) is -0.219. The van der Waals surface area contributed by atoms with Crippen molar-refractivity contribution < 1.29 is 9.53 Å². The number of H-pyrrole nitrogens is 1. The SMILES string of the molecule is CC(C)(C)OC(=O)CN1CCN(c2c(Br)cn[nH]c2=O)CC1. The summed E-state index contributed by atoms with van der Waals surface area (Å²) in [7, 11) is 0. The Kier molecular flexibility index (Phi) is 5.23. The molecule has 1 N–H and O–H groups in total. The van der Waals surface area contributed by atoms with E-state index in [9.17, 15) is 9.59 Å². The van der Waals surface area contributed by atoms with Crippen molar-refractivity contribution in [3.05, 3.63) is 21.0 Å². The normalized spacial score (nSPS) is 16.6. The number of ether oxygens (including phenoxy) is 1. The number of hydrogen-bond acceptors (Lipinski definition) is 6. The van der Waals surface area contributed by atoms with Crippen molar-refractivity contribution in [3.63, 3.8) is 0 Å². The maximum absolute atomic E-state index is 11.9. The van der Waals surface area contributed by atoms with E-state index in [1.807, 2.05) is 30.6 Å². The lowest BCUT2D eigenvalue weighted by atomic mass is 10.2. The molecule has 0 saturated carbocycles. The molecule has 1 fully saturated rings. The van der Waals surface area contributed by atoms with Gasteiger partial charge in [0.2, 0.25) is 0 Å². The summed E-state index contributed by atoms with van der Waals surface area (Å²) in [5, 5.41) is 6.19. The zero-order chi connectivity index (χ0) is 16.3. The van der Waals surface area contributed by atoms with Crippen molar-refractivity contribution >= 4 is 27.6 Å². The molecule has 2 rings (SSSR count). The number of halogens is 1. The van der Waals surface area contributed by atoms with Gasteiger partial charge in [-0.15, -0.1) is 0 Å². The van der Waals surface area contributed by atoms with Crippen LogP contribution in [-0.4, -0.2) is 59.4 Å². The molecule has 1 aliphatic rings. The molecule has 1 aliphatic heterocycles. The fourth-order valence-corrected chi connectivity index (χ4v) is 2.88. The molecule has 8 heteroatoms. The molecule has 0 aromatic carbocycles. The van der Waals surface area contributed by atoms with Gasteiger partial charge in [0.15, 0.2) is 0 Å². The Hall–Kier alpha value is -1.41. The Labute approximate surface area is 137 Å². The molecule has 0 radical (unpaired) electrons. The van der Waals surface area contributed by atoms with E-state index >= 15 is 0 Å². The van der Waals surface area contributed by atoms with Crippen molar-refractivity contribution in [2.24, 2.45) is 0 Å². The van der Waals surface area contributed by atoms with Crippen molar-refractivity contribution in [2.45, 2.75) is 26.4 Å². The van der Waals surface area contributed by atoms with Crippen LogP contribution in [0.4, 0.5) is 5.69 Å². The minimum atomic E-state index is -0.464. The lowest BCUT2D eigenvalue weighted by Crippen LogP contribution is -2.50. The third-order valence-electron chi connectivity index (χ3n) is 3.25. The lowest BCUT2D eigenvalue weighted by Gasteiger charge is -2.35. The molecule has 122 valence electrons. The van der Waals surface area contributed by atoms with Gasteiger partial charge in [-0.2, -0.15) is 5.10 Å². The second-order valence-corrected chi connectivity index (χ2v) is 7.10. The number of nitrogens with one attached hydrogen (secondary N) is 1. The van der Waals surface area contributed by atoms with Crippen molar-refractivity contribution in [3.8, 4) is 0 Å². The number of piperazine rings is 1. The van der Waals surface area contributed by atoms with Gasteiger partial charge in [0.25, 0.3) is 5.56 Å². The molecule has 0 atom stereocenters. The van der Waals surface area contributed by atoms with Crippen LogP contribution >= 0.6 is 15.9 Å². The average Bonchev–Trinajstić information content (AvgIpc) is 2.38. The number of anilines is 1. The summed E-state index contributed by atoms with van der Waals surface area (Å²) in [6.45, 7) is 8.60. The molecule has 1 aromatic heterocycles. The average molecular weight is 373 g/mol. The molecule has 0 unspecified atom stereocenters. The number of nitrogens with zero attached hydrogens (tertiary/aromatic N) is 3. The number of carbonyl (C=O) groups excluding carboxylic acids is 1. The maximum atomic E-state index is 11.9. The minimum absolute atomic E-state index is 0.213. The van der Waals surface area contributed by atoms with Gasteiger partial charge in [0, 0.05) is 26.2 Å². The van der Waals surface area contributed by atoms with Gasteiger partial charge in [-0.25, -0.2) is 5.10 Å². The van der Waals surface area contributed by atoms with Crippen LogP contribution in [0.2, 0.25) is 0 Å². The quantitative estimate of drug-likeness (QED) is 0.797. The van der Waals surface area contributed by atoms with Gasteiger partial charge in [0.1, 0.15) is 11.3 Å². The predicted octanol–water partition coefficient (Wildman–Crippen LogP) is 0.996. The van der Waals surface area contributed by atoms with Gasteiger partial charge in [-0.3, -0.25) is 14.5 Å². The number of rotatable bonds is 3. The highest BCUT2D eigenvalue weighted by Crippen LogP contribution is 2.21. The molecular formula is C14H21BrN4O3. The molecule has 22 heavy (non-hydrogen) atoms. The fourth-order valence-electron chi connectivity index (χ4n) is 2.35. The topological polar surface area (TPSA) is 78.5 Å². The molecule has 0 amide bonds. The zero-order valence-electron chi connectivity index (χ0n) is 13.1. The van der Waals surface area contributed by atoms with Crippen LogP contribution in [0.1, 0.15) is 20.8 Å². The molecule has 0 spiro atoms. The van der Waals surface area contributed by atoms with E-state index in [0.29, 0.717) is 36.3 Å². The predicted molar refractivity (Wildman–Crippen MR) is 87.1 cm³/mol. The maximum Gasteiger partial charge on any atom is 0.320 e. The molecule has 0 aliphatic carbocycles. The number of esters is 1. The van der Waals surface area contributed by atoms with E-state index in [0.717, 1.165) is 0 Å². The van der Waals surface area contributed by atoms with Crippen LogP contribution < -0.4 is 10.5 Å². The van der Waals surface area contributed by atoms with Gasteiger partial charge < -0.3 is 9.64 Å². The van der Waals surface area contributed by atoms with E-state index in [2.05, 4.69) is 26.1 Å². The summed E-state index contributed by atoms with van der Waals surface area (Å²) < 4.78 is 6.00. The Morgan fingerprint density at radius 2 is 2.00 bits per heavy atom. The Morgan fingerprint density at radius 1 is 1.36 bits per heavy atom. The second kappa shape index (κ2) is 6.78. The van der Waals surface area contributed by atoms with Gasteiger partial charge >= 0.3 is 5.97 Å². The van der Waals surface area contributed by atoms with E-state index in [4.69, 9.17) is 4.74 Å². The van der Waals surface area contributed by atoms with Crippen molar-refractivity contribution in [1.29, 1.82) is 0 Å². The first-order valence-electron chi connectivity index (χ1n) is 7.18. The smallest absolute Gasteiger partial charge is 0.320 e. The molecule has 0 bridgehead atoms. The zero-order valence-corrected chi connectivity index (χ0v) is 14.6. The third kappa shape index (κ3) is 4.54. The highest BCUT2D eigenvalue weighted by Gasteiger charge is 2.24. The lowest BCUT2D eigenvalue weighted by molar-refractivity contribution is -0.156. The molecule has 2 heterocycles. The van der Waals surface area contributed by atoms with Gasteiger partial charge in [0.05, 0.1) is 17.2 Å². The first kappa shape index (κ1) is 17.0. The van der Waals surface area contributed by atoms with Crippen molar-refractivity contribution in [2.75, 3.05) is 37.6 Å². The summed E-state index contributed by atoms with van der Waals surface area (Å²) in [4.78, 5) is 27.7. The van der Waals surface area contributed by atoms with Gasteiger partial charge in [-0.1, -0.05) is 0 Å². The van der Waals surface area contributed by atoms with Gasteiger partial charge in [-0.05, 0) is 36.7 Å². The summed E-state index contributed by atoms with van der Waals surface area (Å²) >= 11 is 3.36. The first-order chi connectivity index (χ1) is 10.3. The molecule has 7 nitrogen and oxygen atoms in total. The molecule has 1 saturated heterocycles. The number of hydrogen-bond donors (Lipinski definition) is 1. The van der Waals surface area contributed by atoms with Crippen LogP contribution in [-0.2, 0) is 9.53 Å². The van der Waals surface area contributed by atoms with Crippen LogP contribution in [0.25, 0.3) is 0 Å². The minimum Gasteiger partial charge on any atom is -0.459 e. The number of aromatic amines is 1. The summed E-state index contributed by atoms with van der Waals surface area (Å²) in [6, 6.07) is 0. The Balaban J connectivity index is 1.91. The van der Waals surface area contributed by atoms with Crippen LogP contribution in [0.5, 0.6) is 0 Å². The highest BCUT2D eigenvalue weighted by atomic mass is 79.9. The highest BCUT2D eigenvalue weighted by molar-refractivity contribution is 9.10. The third-order valence-corrected chi connectivity index (χ3v) is 3.83. The van der Waals surface area contributed by atoms with E-state index in [1.165, 1.54) is 0 Å². The first-order valence-corrected chi connectivity index (χ1v) is 7.98. The fraction of sp³-hybridized carbons (Fsp3) is 0.643. The Morgan fingerprint density at radius 3 is 2.55 bits per heavy atom. The van der Waals surface area contributed by atoms with Crippen LogP contribution in [0.15, 0.2) is 15.5 Å².